The summed E-state index contributed by atoms with van der Waals surface area (Å²) in [6.07, 6.45) is 2.45. The van der Waals surface area contributed by atoms with Crippen molar-refractivity contribution in [2.24, 2.45) is 11.5 Å². The molecule has 0 amide bonds. The second-order valence-corrected chi connectivity index (χ2v) is 2.41. The fourth-order valence-corrected chi connectivity index (χ4v) is 0.778. The van der Waals surface area contributed by atoms with Gasteiger partial charge in [0.25, 0.3) is 0 Å². The standard InChI is InChI=1S/C7H16N2O2.Pt/c1-11-7(10)6(9)4-2-3-5-8;/h6H,2-5,8-9H2,1H3;/t6-;/m0./s1. The van der Waals surface area contributed by atoms with Gasteiger partial charge in [-0.1, -0.05) is 6.42 Å². The van der Waals surface area contributed by atoms with Crippen LogP contribution in [0.1, 0.15) is 19.3 Å². The van der Waals surface area contributed by atoms with Crippen molar-refractivity contribution in [2.45, 2.75) is 25.3 Å². The number of unbranched alkanes of at least 4 members (excludes halogenated alkanes) is 1. The summed E-state index contributed by atoms with van der Waals surface area (Å²) in [7, 11) is 1.34. The van der Waals surface area contributed by atoms with Crippen molar-refractivity contribution in [3.05, 3.63) is 0 Å². The normalized spacial score (nSPS) is 11.6. The summed E-state index contributed by atoms with van der Waals surface area (Å²) in [5.74, 6) is -0.345. The molecule has 12 heavy (non-hydrogen) atoms. The molecule has 0 rings (SSSR count). The predicted molar refractivity (Wildman–Crippen MR) is 42.9 cm³/mol. The van der Waals surface area contributed by atoms with Gasteiger partial charge < -0.3 is 16.2 Å². The van der Waals surface area contributed by atoms with Crippen LogP contribution in [-0.2, 0) is 30.6 Å². The molecule has 0 spiro atoms. The van der Waals surface area contributed by atoms with Crippen molar-refractivity contribution in [3.8, 4) is 0 Å². The van der Waals surface area contributed by atoms with E-state index in [9.17, 15) is 4.79 Å². The van der Waals surface area contributed by atoms with Gasteiger partial charge in [-0.2, -0.15) is 0 Å². The SMILES string of the molecule is COC(=O)[C@@H](N)CCCCN.[Pt]. The molecule has 0 bridgehead atoms. The fraction of sp³-hybridized carbons (Fsp3) is 0.857. The van der Waals surface area contributed by atoms with Crippen LogP contribution in [0.2, 0.25) is 0 Å². The molecular formula is C7H16N2O2Pt. The van der Waals surface area contributed by atoms with Crippen molar-refractivity contribution >= 4 is 5.97 Å². The minimum atomic E-state index is -0.480. The molecular weight excluding hydrogens is 339 g/mol. The minimum absolute atomic E-state index is 0. The van der Waals surface area contributed by atoms with Crippen molar-refractivity contribution in [2.75, 3.05) is 13.7 Å². The van der Waals surface area contributed by atoms with E-state index in [4.69, 9.17) is 11.5 Å². The van der Waals surface area contributed by atoms with E-state index >= 15 is 0 Å². The third kappa shape index (κ3) is 6.77. The van der Waals surface area contributed by atoms with Gasteiger partial charge in [0, 0.05) is 21.1 Å². The number of rotatable bonds is 5. The Kier molecular flexibility index (Phi) is 11.2. The first-order valence-corrected chi connectivity index (χ1v) is 3.76. The molecule has 0 aromatic heterocycles. The van der Waals surface area contributed by atoms with Crippen LogP contribution < -0.4 is 11.5 Å². The summed E-state index contributed by atoms with van der Waals surface area (Å²) < 4.78 is 4.45. The molecule has 4 nitrogen and oxygen atoms in total. The summed E-state index contributed by atoms with van der Waals surface area (Å²) in [5, 5.41) is 0. The number of methoxy groups -OCH3 is 1. The Labute approximate surface area is 87.3 Å². The number of carbonyl (C=O) groups is 1. The average molecular weight is 355 g/mol. The van der Waals surface area contributed by atoms with Crippen molar-refractivity contribution in [1.29, 1.82) is 0 Å². The molecule has 4 N–H and O–H groups in total. The summed E-state index contributed by atoms with van der Waals surface area (Å²) in [6, 6.07) is -0.480. The van der Waals surface area contributed by atoms with Gasteiger partial charge in [0.05, 0.1) is 7.11 Å². The van der Waals surface area contributed by atoms with E-state index in [-0.39, 0.29) is 27.0 Å². The Bertz CT molecular complexity index is 122. The Morgan fingerprint density at radius 3 is 2.50 bits per heavy atom. The maximum absolute atomic E-state index is 10.7. The van der Waals surface area contributed by atoms with Crippen molar-refractivity contribution in [3.63, 3.8) is 0 Å². The van der Waals surface area contributed by atoms with Gasteiger partial charge in [0.15, 0.2) is 0 Å². The van der Waals surface area contributed by atoms with E-state index in [1.807, 2.05) is 0 Å². The van der Waals surface area contributed by atoms with E-state index in [2.05, 4.69) is 4.74 Å². The van der Waals surface area contributed by atoms with Crippen LogP contribution in [0.3, 0.4) is 0 Å². The fourth-order valence-electron chi connectivity index (χ4n) is 0.778. The summed E-state index contributed by atoms with van der Waals surface area (Å²) >= 11 is 0. The molecule has 0 aromatic rings. The number of nitrogens with two attached hydrogens (primary N) is 2. The first kappa shape index (κ1) is 14.6. The minimum Gasteiger partial charge on any atom is -0.468 e. The topological polar surface area (TPSA) is 78.3 Å². The molecule has 0 saturated carbocycles. The zero-order chi connectivity index (χ0) is 8.69. The van der Waals surface area contributed by atoms with Crippen molar-refractivity contribution < 1.29 is 30.6 Å². The molecule has 0 radical (unpaired) electrons. The van der Waals surface area contributed by atoms with Gasteiger partial charge in [0.1, 0.15) is 6.04 Å². The first-order valence-electron chi connectivity index (χ1n) is 3.76. The number of hydrogen-bond donors (Lipinski definition) is 2. The van der Waals surface area contributed by atoms with Gasteiger partial charge >= 0.3 is 5.97 Å². The van der Waals surface area contributed by atoms with Gasteiger partial charge in [0.2, 0.25) is 0 Å². The van der Waals surface area contributed by atoms with Gasteiger partial charge in [-0.05, 0) is 19.4 Å². The van der Waals surface area contributed by atoms with Crippen LogP contribution >= 0.6 is 0 Å². The number of ether oxygens (including phenoxy) is 1. The molecule has 0 aliphatic carbocycles. The van der Waals surface area contributed by atoms with Crippen molar-refractivity contribution in [1.82, 2.24) is 0 Å². The molecule has 0 saturated heterocycles. The van der Waals surface area contributed by atoms with E-state index in [0.717, 1.165) is 12.8 Å². The van der Waals surface area contributed by atoms with E-state index < -0.39 is 6.04 Å². The molecule has 5 heteroatoms. The zero-order valence-corrected chi connectivity index (χ0v) is 9.47. The summed E-state index contributed by atoms with van der Waals surface area (Å²) in [4.78, 5) is 10.7. The second kappa shape index (κ2) is 9.17. The van der Waals surface area contributed by atoms with Crippen LogP contribution in [-0.4, -0.2) is 25.7 Å². The summed E-state index contributed by atoms with van der Waals surface area (Å²) in [6.45, 7) is 0.647. The molecule has 0 aromatic carbocycles. The predicted octanol–water partition coefficient (Wildman–Crippen LogP) is -0.387. The molecule has 0 fully saturated rings. The monoisotopic (exact) mass is 355 g/mol. The molecule has 1 atom stereocenters. The maximum Gasteiger partial charge on any atom is 0.322 e. The van der Waals surface area contributed by atoms with E-state index in [1.165, 1.54) is 7.11 Å². The number of esters is 1. The first-order chi connectivity index (χ1) is 5.22. The summed E-state index contributed by atoms with van der Waals surface area (Å²) in [5.41, 5.74) is 10.7. The van der Waals surface area contributed by atoms with E-state index in [0.29, 0.717) is 13.0 Å². The molecule has 76 valence electrons. The van der Waals surface area contributed by atoms with Crippen LogP contribution in [0.15, 0.2) is 0 Å². The van der Waals surface area contributed by atoms with Gasteiger partial charge in [-0.25, -0.2) is 0 Å². The second-order valence-electron chi connectivity index (χ2n) is 2.41. The van der Waals surface area contributed by atoms with Crippen LogP contribution in [0, 0.1) is 0 Å². The Hall–Kier alpha value is 0.0783. The smallest absolute Gasteiger partial charge is 0.322 e. The molecule has 0 aliphatic heterocycles. The Morgan fingerprint density at radius 1 is 1.50 bits per heavy atom. The van der Waals surface area contributed by atoms with Gasteiger partial charge in [-0.3, -0.25) is 4.79 Å². The van der Waals surface area contributed by atoms with Crippen LogP contribution in [0.25, 0.3) is 0 Å². The Morgan fingerprint density at radius 2 is 2.08 bits per heavy atom. The third-order valence-electron chi connectivity index (χ3n) is 1.47. The number of carbonyl (C=O) groups excluding carboxylic acids is 1. The third-order valence-corrected chi connectivity index (χ3v) is 1.47. The van der Waals surface area contributed by atoms with E-state index in [1.54, 1.807) is 0 Å². The van der Waals surface area contributed by atoms with Gasteiger partial charge in [-0.15, -0.1) is 0 Å². The van der Waals surface area contributed by atoms with Crippen LogP contribution in [0.4, 0.5) is 0 Å². The molecule has 0 heterocycles. The maximum atomic E-state index is 10.7. The Balaban J connectivity index is 0. The largest absolute Gasteiger partial charge is 0.468 e. The average Bonchev–Trinajstić information content (AvgIpc) is 2.03. The molecule has 0 aliphatic rings. The van der Waals surface area contributed by atoms with Crippen LogP contribution in [0.5, 0.6) is 0 Å². The quantitative estimate of drug-likeness (QED) is 0.520. The molecule has 0 unspecified atom stereocenters. The zero-order valence-electron chi connectivity index (χ0n) is 7.19. The number of hydrogen-bond acceptors (Lipinski definition) is 4.